The zero-order chi connectivity index (χ0) is 22.0. The van der Waals surface area contributed by atoms with E-state index in [0.29, 0.717) is 31.3 Å². The van der Waals surface area contributed by atoms with Gasteiger partial charge in [-0.15, -0.1) is 10.2 Å². The topological polar surface area (TPSA) is 116 Å². The van der Waals surface area contributed by atoms with Gasteiger partial charge in [0.2, 0.25) is 5.91 Å². The number of aromatic amines is 1. The van der Waals surface area contributed by atoms with Crippen molar-refractivity contribution >= 4 is 23.4 Å². The number of anilines is 2. The third-order valence-electron chi connectivity index (χ3n) is 5.56. The standard InChI is InChI=1S/C19H23F2N7O3/c1-11(29)22-9-14-10-28(19(30)31-14)13-7-15(20)18(16(21)8-13)27-4-2-12(3-5-27)6-17-23-25-26-24-17/h7-8,12,14H,2-6,9-10H2,1H3,(H,22,29)(H,23,24,25,26)/t14-/m0/s1. The summed E-state index contributed by atoms with van der Waals surface area (Å²) in [5.74, 6) is -0.764. The molecule has 0 radical (unpaired) electrons. The average molecular weight is 435 g/mol. The first-order valence-corrected chi connectivity index (χ1v) is 10.1. The molecule has 0 bridgehead atoms. The lowest BCUT2D eigenvalue weighted by Gasteiger charge is -2.33. The van der Waals surface area contributed by atoms with Gasteiger partial charge in [0, 0.05) is 38.6 Å². The summed E-state index contributed by atoms with van der Waals surface area (Å²) < 4.78 is 34.9. The smallest absolute Gasteiger partial charge is 0.414 e. The van der Waals surface area contributed by atoms with Crippen LogP contribution in [0.4, 0.5) is 25.0 Å². The molecule has 3 heterocycles. The van der Waals surface area contributed by atoms with E-state index >= 15 is 0 Å². The Hall–Kier alpha value is -3.31. The monoisotopic (exact) mass is 435 g/mol. The summed E-state index contributed by atoms with van der Waals surface area (Å²) in [6.07, 6.45) is 0.881. The van der Waals surface area contributed by atoms with Gasteiger partial charge in [0.15, 0.2) is 17.5 Å². The Bertz CT molecular complexity index is 925. The van der Waals surface area contributed by atoms with Crippen LogP contribution in [-0.2, 0) is 16.0 Å². The lowest BCUT2D eigenvalue weighted by atomic mass is 9.93. The van der Waals surface area contributed by atoms with Crippen molar-refractivity contribution in [2.75, 3.05) is 36.0 Å². The highest BCUT2D eigenvalue weighted by molar-refractivity contribution is 5.90. The number of nitrogens with zero attached hydrogens (tertiary/aromatic N) is 5. The molecule has 0 aliphatic carbocycles. The molecule has 2 N–H and O–H groups in total. The molecule has 0 unspecified atom stereocenters. The number of halogens is 2. The minimum atomic E-state index is -0.732. The Morgan fingerprint density at radius 2 is 2.00 bits per heavy atom. The zero-order valence-electron chi connectivity index (χ0n) is 17.0. The first-order chi connectivity index (χ1) is 14.9. The Labute approximate surface area is 176 Å². The van der Waals surface area contributed by atoms with E-state index in [-0.39, 0.29) is 30.4 Å². The fourth-order valence-electron chi connectivity index (χ4n) is 3.99. The lowest BCUT2D eigenvalue weighted by molar-refractivity contribution is -0.119. The molecule has 166 valence electrons. The van der Waals surface area contributed by atoms with Crippen molar-refractivity contribution in [2.45, 2.75) is 32.3 Å². The maximum Gasteiger partial charge on any atom is 0.414 e. The number of nitrogens with one attached hydrogen (secondary N) is 2. The van der Waals surface area contributed by atoms with Crippen LogP contribution in [0.5, 0.6) is 0 Å². The van der Waals surface area contributed by atoms with Crippen LogP contribution >= 0.6 is 0 Å². The van der Waals surface area contributed by atoms with Crippen molar-refractivity contribution in [3.63, 3.8) is 0 Å². The highest BCUT2D eigenvalue weighted by Crippen LogP contribution is 2.33. The van der Waals surface area contributed by atoms with Crippen LogP contribution in [0.15, 0.2) is 12.1 Å². The molecule has 0 spiro atoms. The third-order valence-corrected chi connectivity index (χ3v) is 5.56. The summed E-state index contributed by atoms with van der Waals surface area (Å²) in [6, 6.07) is 2.29. The summed E-state index contributed by atoms with van der Waals surface area (Å²) in [5.41, 5.74) is -0.00908. The minimum absolute atomic E-state index is 0.0843. The molecule has 1 atom stereocenters. The zero-order valence-corrected chi connectivity index (χ0v) is 17.0. The number of hydrogen-bond acceptors (Lipinski definition) is 7. The van der Waals surface area contributed by atoms with Crippen LogP contribution in [0, 0.1) is 17.6 Å². The van der Waals surface area contributed by atoms with E-state index in [0.717, 1.165) is 25.0 Å². The second-order valence-corrected chi connectivity index (χ2v) is 7.77. The second-order valence-electron chi connectivity index (χ2n) is 7.77. The fraction of sp³-hybridized carbons (Fsp3) is 0.526. The van der Waals surface area contributed by atoms with Crippen molar-refractivity contribution in [3.8, 4) is 0 Å². The number of benzene rings is 1. The van der Waals surface area contributed by atoms with Gasteiger partial charge < -0.3 is 15.0 Å². The predicted octanol–water partition coefficient (Wildman–Crippen LogP) is 1.40. The van der Waals surface area contributed by atoms with Gasteiger partial charge in [-0.25, -0.2) is 13.6 Å². The number of amides is 2. The number of piperidine rings is 1. The van der Waals surface area contributed by atoms with Crippen LogP contribution in [0.1, 0.15) is 25.6 Å². The summed E-state index contributed by atoms with van der Waals surface area (Å²) >= 11 is 0. The number of ether oxygens (including phenoxy) is 1. The number of rotatable bonds is 6. The van der Waals surface area contributed by atoms with E-state index in [2.05, 4.69) is 25.9 Å². The third kappa shape index (κ3) is 4.72. The van der Waals surface area contributed by atoms with Gasteiger partial charge in [0.25, 0.3) is 0 Å². The molecule has 2 aliphatic heterocycles. The molecule has 31 heavy (non-hydrogen) atoms. The molecule has 10 nitrogen and oxygen atoms in total. The fourth-order valence-corrected chi connectivity index (χ4v) is 3.99. The summed E-state index contributed by atoms with van der Waals surface area (Å²) in [5, 5.41) is 16.4. The molecule has 2 amide bonds. The van der Waals surface area contributed by atoms with Crippen molar-refractivity contribution in [3.05, 3.63) is 29.6 Å². The van der Waals surface area contributed by atoms with Gasteiger partial charge in [-0.05, 0) is 18.8 Å². The van der Waals surface area contributed by atoms with Crippen molar-refractivity contribution in [1.82, 2.24) is 25.9 Å². The summed E-state index contributed by atoms with van der Waals surface area (Å²) in [4.78, 5) is 26.0. The van der Waals surface area contributed by atoms with Gasteiger partial charge in [0.1, 0.15) is 11.8 Å². The largest absolute Gasteiger partial charge is 0.442 e. The van der Waals surface area contributed by atoms with E-state index in [1.54, 1.807) is 4.90 Å². The normalized spacial score (nSPS) is 19.6. The van der Waals surface area contributed by atoms with Gasteiger partial charge >= 0.3 is 6.09 Å². The van der Waals surface area contributed by atoms with Gasteiger partial charge in [-0.1, -0.05) is 5.21 Å². The Morgan fingerprint density at radius 3 is 2.61 bits per heavy atom. The van der Waals surface area contributed by atoms with E-state index in [9.17, 15) is 18.4 Å². The van der Waals surface area contributed by atoms with E-state index < -0.39 is 23.8 Å². The molecule has 0 saturated carbocycles. The van der Waals surface area contributed by atoms with Gasteiger partial charge in [-0.3, -0.25) is 9.69 Å². The van der Waals surface area contributed by atoms with Crippen LogP contribution in [-0.4, -0.2) is 64.9 Å². The van der Waals surface area contributed by atoms with Crippen LogP contribution in [0.3, 0.4) is 0 Å². The SMILES string of the molecule is CC(=O)NC[C@H]1CN(c2cc(F)c(N3CCC(Cc4nn[nH]n4)CC3)c(F)c2)C(=O)O1. The number of carbonyl (C=O) groups excluding carboxylic acids is 2. The van der Waals surface area contributed by atoms with Crippen LogP contribution in [0.2, 0.25) is 0 Å². The van der Waals surface area contributed by atoms with Crippen molar-refractivity contribution < 1.29 is 23.1 Å². The van der Waals surface area contributed by atoms with Crippen molar-refractivity contribution in [1.29, 1.82) is 0 Å². The maximum atomic E-state index is 14.9. The Balaban J connectivity index is 1.41. The predicted molar refractivity (Wildman–Crippen MR) is 105 cm³/mol. The maximum absolute atomic E-state index is 14.9. The second kappa shape index (κ2) is 8.82. The molecular weight excluding hydrogens is 412 g/mol. The molecule has 12 heteroatoms. The number of tetrazole rings is 1. The number of hydrogen-bond donors (Lipinski definition) is 2. The van der Waals surface area contributed by atoms with E-state index in [4.69, 9.17) is 4.74 Å². The molecule has 2 saturated heterocycles. The van der Waals surface area contributed by atoms with E-state index in [1.807, 2.05) is 0 Å². The number of aromatic nitrogens is 4. The Kier molecular flexibility index (Phi) is 5.96. The number of H-pyrrole nitrogens is 1. The molecule has 2 fully saturated rings. The number of carbonyl (C=O) groups is 2. The van der Waals surface area contributed by atoms with Crippen LogP contribution < -0.4 is 15.1 Å². The molecule has 2 aromatic rings. The molecule has 1 aromatic heterocycles. The molecule has 1 aromatic carbocycles. The first kappa shape index (κ1) is 20.9. The molecule has 2 aliphatic rings. The summed E-state index contributed by atoms with van der Waals surface area (Å²) in [6.45, 7) is 2.59. The van der Waals surface area contributed by atoms with E-state index in [1.165, 1.54) is 11.8 Å². The quantitative estimate of drug-likeness (QED) is 0.705. The first-order valence-electron chi connectivity index (χ1n) is 10.1. The van der Waals surface area contributed by atoms with Crippen molar-refractivity contribution in [2.24, 2.45) is 5.92 Å². The van der Waals surface area contributed by atoms with Gasteiger partial charge in [0.05, 0.1) is 18.8 Å². The average Bonchev–Trinajstić information content (AvgIpc) is 3.36. The van der Waals surface area contributed by atoms with Gasteiger partial charge in [-0.2, -0.15) is 5.21 Å². The highest BCUT2D eigenvalue weighted by atomic mass is 19.1. The number of cyclic esters (lactones) is 1. The minimum Gasteiger partial charge on any atom is -0.442 e. The highest BCUT2D eigenvalue weighted by Gasteiger charge is 2.34. The summed E-state index contributed by atoms with van der Waals surface area (Å²) in [7, 11) is 0. The van der Waals surface area contributed by atoms with Crippen LogP contribution in [0.25, 0.3) is 0 Å². The lowest BCUT2D eigenvalue weighted by Crippen LogP contribution is -2.36. The molecular formula is C19H23F2N7O3. The Morgan fingerprint density at radius 1 is 1.29 bits per heavy atom. The molecule has 4 rings (SSSR count).